The van der Waals surface area contributed by atoms with Gasteiger partial charge in [0.05, 0.1) is 5.92 Å². The first-order valence-electron chi connectivity index (χ1n) is 12.0. The summed E-state index contributed by atoms with van der Waals surface area (Å²) in [5.74, 6) is -0.170. The van der Waals surface area contributed by atoms with Gasteiger partial charge in [-0.1, -0.05) is 24.6 Å². The van der Waals surface area contributed by atoms with Crippen molar-refractivity contribution in [3.63, 3.8) is 0 Å². The number of hydrogen-bond acceptors (Lipinski definition) is 4. The fourth-order valence-corrected chi connectivity index (χ4v) is 6.26. The highest BCUT2D eigenvalue weighted by molar-refractivity contribution is 7.89. The third-order valence-electron chi connectivity index (χ3n) is 6.99. The maximum Gasteiger partial charge on any atom is 0.270 e. The first-order valence-corrected chi connectivity index (χ1v) is 13.4. The molecule has 2 aliphatic rings. The van der Waals surface area contributed by atoms with Gasteiger partial charge in [-0.15, -0.1) is 0 Å². The van der Waals surface area contributed by atoms with Crippen LogP contribution >= 0.6 is 0 Å². The summed E-state index contributed by atoms with van der Waals surface area (Å²) >= 11 is 0. The predicted octanol–water partition coefficient (Wildman–Crippen LogP) is 3.54. The summed E-state index contributed by atoms with van der Waals surface area (Å²) in [5.41, 5.74) is 3.12. The standard InChI is InChI=1S/C25H34N4O4S/c1-17-8-11-28(12-9-17)25(31)23-14-21(15-26-23)34(32,33)29-10-4-5-20(16-29)24(30)27-22-7-6-18(2)13-19(22)3/h6-7,13-15,17,20,26H,4-5,8-12,16H2,1-3H3,(H,27,30)/t20-/m0/s1. The molecule has 2 amide bonds. The molecule has 1 aromatic carbocycles. The number of hydrogen-bond donors (Lipinski definition) is 2. The molecule has 2 saturated heterocycles. The molecule has 184 valence electrons. The highest BCUT2D eigenvalue weighted by Gasteiger charge is 2.34. The number of nitrogens with one attached hydrogen (secondary N) is 2. The molecule has 8 nitrogen and oxygen atoms in total. The van der Waals surface area contributed by atoms with Crippen molar-refractivity contribution < 1.29 is 18.0 Å². The second kappa shape index (κ2) is 9.92. The molecule has 1 atom stereocenters. The van der Waals surface area contributed by atoms with Gasteiger partial charge in [-0.3, -0.25) is 9.59 Å². The van der Waals surface area contributed by atoms with E-state index in [1.165, 1.54) is 16.6 Å². The summed E-state index contributed by atoms with van der Waals surface area (Å²) < 4.78 is 28.0. The van der Waals surface area contributed by atoms with Gasteiger partial charge in [0.25, 0.3) is 5.91 Å². The third kappa shape index (κ3) is 5.20. The van der Waals surface area contributed by atoms with Crippen molar-refractivity contribution in [2.75, 3.05) is 31.5 Å². The molecule has 0 spiro atoms. The quantitative estimate of drug-likeness (QED) is 0.675. The highest BCUT2D eigenvalue weighted by atomic mass is 32.2. The van der Waals surface area contributed by atoms with E-state index in [1.54, 1.807) is 4.90 Å². The fraction of sp³-hybridized carbons (Fsp3) is 0.520. The van der Waals surface area contributed by atoms with Gasteiger partial charge in [-0.2, -0.15) is 4.31 Å². The van der Waals surface area contributed by atoms with Gasteiger partial charge in [0.15, 0.2) is 0 Å². The second-order valence-corrected chi connectivity index (χ2v) is 11.7. The molecule has 2 aliphatic heterocycles. The maximum atomic E-state index is 13.3. The van der Waals surface area contributed by atoms with Crippen LogP contribution in [0.15, 0.2) is 35.4 Å². The van der Waals surface area contributed by atoms with E-state index in [2.05, 4.69) is 17.2 Å². The Morgan fingerprint density at radius 1 is 1.06 bits per heavy atom. The van der Waals surface area contributed by atoms with Crippen LogP contribution in [-0.4, -0.2) is 60.6 Å². The van der Waals surface area contributed by atoms with Gasteiger partial charge in [0.1, 0.15) is 10.6 Å². The zero-order valence-corrected chi connectivity index (χ0v) is 21.0. The van der Waals surface area contributed by atoms with Crippen molar-refractivity contribution >= 4 is 27.5 Å². The van der Waals surface area contributed by atoms with E-state index in [9.17, 15) is 18.0 Å². The average Bonchev–Trinajstić information content (AvgIpc) is 3.32. The molecule has 0 radical (unpaired) electrons. The van der Waals surface area contributed by atoms with Crippen LogP contribution in [0.2, 0.25) is 0 Å². The number of amides is 2. The normalized spacial score (nSPS) is 20.3. The Hall–Kier alpha value is -2.65. The van der Waals surface area contributed by atoms with E-state index in [4.69, 9.17) is 0 Å². The molecule has 1 aromatic heterocycles. The van der Waals surface area contributed by atoms with Crippen LogP contribution in [0.5, 0.6) is 0 Å². The number of rotatable bonds is 5. The fourth-order valence-electron chi connectivity index (χ4n) is 4.74. The lowest BCUT2D eigenvalue weighted by atomic mass is 9.98. The topological polar surface area (TPSA) is 103 Å². The third-order valence-corrected chi connectivity index (χ3v) is 8.83. The molecular weight excluding hydrogens is 452 g/mol. The number of anilines is 1. The number of nitrogens with zero attached hydrogens (tertiary/aromatic N) is 2. The highest BCUT2D eigenvalue weighted by Crippen LogP contribution is 2.27. The monoisotopic (exact) mass is 486 g/mol. The largest absolute Gasteiger partial charge is 0.356 e. The van der Waals surface area contributed by atoms with Gasteiger partial charge in [0.2, 0.25) is 15.9 Å². The van der Waals surface area contributed by atoms with Gasteiger partial charge in [-0.05, 0) is 63.1 Å². The molecule has 3 heterocycles. The molecule has 0 bridgehead atoms. The van der Waals surface area contributed by atoms with Crippen molar-refractivity contribution in [3.8, 4) is 0 Å². The first kappa shape index (κ1) is 24.5. The van der Waals surface area contributed by atoms with Crippen molar-refractivity contribution in [1.82, 2.24) is 14.2 Å². The minimum absolute atomic E-state index is 0.0664. The van der Waals surface area contributed by atoms with Crippen LogP contribution in [0.4, 0.5) is 5.69 Å². The zero-order valence-electron chi connectivity index (χ0n) is 20.1. The summed E-state index contributed by atoms with van der Waals surface area (Å²) in [7, 11) is -3.82. The van der Waals surface area contributed by atoms with Crippen molar-refractivity contribution in [1.29, 1.82) is 0 Å². The Morgan fingerprint density at radius 3 is 2.50 bits per heavy atom. The number of aromatic nitrogens is 1. The Bertz CT molecular complexity index is 1170. The molecule has 0 saturated carbocycles. The number of carbonyl (C=O) groups excluding carboxylic acids is 2. The van der Waals surface area contributed by atoms with Crippen LogP contribution in [0.1, 0.15) is 54.2 Å². The van der Waals surface area contributed by atoms with E-state index in [0.29, 0.717) is 38.4 Å². The summed E-state index contributed by atoms with van der Waals surface area (Å²) in [5, 5.41) is 2.96. The van der Waals surface area contributed by atoms with Crippen molar-refractivity contribution in [2.45, 2.75) is 51.3 Å². The summed E-state index contributed by atoms with van der Waals surface area (Å²) in [6, 6.07) is 7.24. The second-order valence-electron chi connectivity index (χ2n) is 9.73. The lowest BCUT2D eigenvalue weighted by Gasteiger charge is -2.31. The van der Waals surface area contributed by atoms with Gasteiger partial charge in [0, 0.05) is 38.1 Å². The smallest absolute Gasteiger partial charge is 0.270 e. The van der Waals surface area contributed by atoms with Gasteiger partial charge in [-0.25, -0.2) is 8.42 Å². The van der Waals surface area contributed by atoms with E-state index >= 15 is 0 Å². The summed E-state index contributed by atoms with van der Waals surface area (Å²) in [4.78, 5) is 30.4. The molecular formula is C25H34N4O4S. The van der Waals surface area contributed by atoms with Crippen LogP contribution in [0.25, 0.3) is 0 Å². The molecule has 34 heavy (non-hydrogen) atoms. The molecule has 2 fully saturated rings. The number of benzene rings is 1. The molecule has 2 aromatic rings. The predicted molar refractivity (Wildman–Crippen MR) is 131 cm³/mol. The van der Waals surface area contributed by atoms with Crippen molar-refractivity contribution in [2.24, 2.45) is 11.8 Å². The average molecular weight is 487 g/mol. The number of H-pyrrole nitrogens is 1. The number of carbonyl (C=O) groups is 2. The Kier molecular flexibility index (Phi) is 7.14. The number of likely N-dealkylation sites (tertiary alicyclic amines) is 1. The Balaban J connectivity index is 1.43. The Labute approximate surface area is 201 Å². The molecule has 0 aliphatic carbocycles. The van der Waals surface area contributed by atoms with Crippen LogP contribution in [-0.2, 0) is 14.8 Å². The SMILES string of the molecule is Cc1ccc(NC(=O)[C@H]2CCCN(S(=O)(=O)c3c[nH]c(C(=O)N4CCC(C)CC4)c3)C2)c(C)c1. The van der Waals surface area contributed by atoms with Crippen LogP contribution in [0.3, 0.4) is 0 Å². The van der Waals surface area contributed by atoms with E-state index < -0.39 is 15.9 Å². The van der Waals surface area contributed by atoms with Crippen LogP contribution in [0, 0.1) is 25.7 Å². The number of aryl methyl sites for hydroxylation is 2. The van der Waals surface area contributed by atoms with Gasteiger partial charge < -0.3 is 15.2 Å². The van der Waals surface area contributed by atoms with Crippen molar-refractivity contribution in [3.05, 3.63) is 47.3 Å². The number of piperidine rings is 2. The first-order chi connectivity index (χ1) is 16.1. The van der Waals surface area contributed by atoms with E-state index in [0.717, 1.165) is 29.7 Å². The summed E-state index contributed by atoms with van der Waals surface area (Å²) in [6.45, 7) is 7.96. The van der Waals surface area contributed by atoms with Gasteiger partial charge >= 0.3 is 0 Å². The molecule has 4 rings (SSSR count). The minimum Gasteiger partial charge on any atom is -0.356 e. The molecule has 2 N–H and O–H groups in total. The lowest BCUT2D eigenvalue weighted by Crippen LogP contribution is -2.43. The van der Waals surface area contributed by atoms with Crippen LogP contribution < -0.4 is 5.32 Å². The molecule has 9 heteroatoms. The van der Waals surface area contributed by atoms with E-state index in [-0.39, 0.29) is 28.9 Å². The zero-order chi connectivity index (χ0) is 24.5. The maximum absolute atomic E-state index is 13.3. The number of sulfonamides is 1. The Morgan fingerprint density at radius 2 is 1.79 bits per heavy atom. The minimum atomic E-state index is -3.82. The number of aromatic amines is 1. The van der Waals surface area contributed by atoms with E-state index in [1.807, 2.05) is 32.0 Å². The lowest BCUT2D eigenvalue weighted by molar-refractivity contribution is -0.120. The summed E-state index contributed by atoms with van der Waals surface area (Å²) in [6.07, 6.45) is 4.53. The molecule has 0 unspecified atom stereocenters.